The molecule has 0 aliphatic rings. The molecule has 90 valence electrons. The lowest BCUT2D eigenvalue weighted by molar-refractivity contribution is 0.0932. The Hall–Kier alpha value is -0.810. The minimum atomic E-state index is -0.0721. The summed E-state index contributed by atoms with van der Waals surface area (Å²) in [6, 6.07) is 1.82. The van der Waals surface area contributed by atoms with E-state index in [0.717, 1.165) is 17.4 Å². The number of nitrogens with one attached hydrogen (secondary N) is 1. The normalized spacial score (nSPS) is 12.5. The predicted octanol–water partition coefficient (Wildman–Crippen LogP) is 1.74. The van der Waals surface area contributed by atoms with Crippen LogP contribution in [0.2, 0.25) is 0 Å². The van der Waals surface area contributed by atoms with Crippen LogP contribution in [0.15, 0.2) is 16.7 Å². The zero-order chi connectivity index (χ0) is 12.1. The number of aromatic nitrogens is 1. The first-order valence-corrected chi connectivity index (χ1v) is 6.24. The Morgan fingerprint density at radius 2 is 2.38 bits per heavy atom. The van der Waals surface area contributed by atoms with Gasteiger partial charge in [0.15, 0.2) is 0 Å². The standard InChI is InChI=1S/C11H18BrN3O/c1-3-4-15-7-9(12)5-10(15)11(16)14-8(2)6-13/h5,7-8H,3-4,6,13H2,1-2H3,(H,14,16). The van der Waals surface area contributed by atoms with Gasteiger partial charge in [-0.15, -0.1) is 0 Å². The Kier molecular flexibility index (Phi) is 5.02. The van der Waals surface area contributed by atoms with Crippen LogP contribution >= 0.6 is 15.9 Å². The lowest BCUT2D eigenvalue weighted by atomic mass is 10.3. The second kappa shape index (κ2) is 6.06. The first-order valence-electron chi connectivity index (χ1n) is 5.45. The van der Waals surface area contributed by atoms with E-state index in [4.69, 9.17) is 5.73 Å². The third-order valence-electron chi connectivity index (χ3n) is 2.29. The Balaban J connectivity index is 2.81. The third-order valence-corrected chi connectivity index (χ3v) is 2.73. The van der Waals surface area contributed by atoms with E-state index >= 15 is 0 Å². The van der Waals surface area contributed by atoms with Gasteiger partial charge in [-0.05, 0) is 35.3 Å². The van der Waals surface area contributed by atoms with Crippen LogP contribution in [0.25, 0.3) is 0 Å². The maximum Gasteiger partial charge on any atom is 0.268 e. The first-order chi connectivity index (χ1) is 7.58. The second-order valence-electron chi connectivity index (χ2n) is 3.85. The molecule has 0 bridgehead atoms. The first kappa shape index (κ1) is 13.3. The second-order valence-corrected chi connectivity index (χ2v) is 4.76. The molecule has 0 aliphatic carbocycles. The average Bonchev–Trinajstić information content (AvgIpc) is 2.60. The van der Waals surface area contributed by atoms with Crippen molar-refractivity contribution in [3.63, 3.8) is 0 Å². The maximum atomic E-state index is 11.9. The molecular formula is C11H18BrN3O. The average molecular weight is 288 g/mol. The largest absolute Gasteiger partial charge is 0.347 e. The number of halogens is 1. The van der Waals surface area contributed by atoms with Crippen molar-refractivity contribution in [2.45, 2.75) is 32.9 Å². The lowest BCUT2D eigenvalue weighted by Gasteiger charge is -2.12. The molecule has 0 saturated carbocycles. The van der Waals surface area contributed by atoms with Gasteiger partial charge in [0, 0.05) is 29.8 Å². The molecule has 0 aliphatic heterocycles. The van der Waals surface area contributed by atoms with Crippen molar-refractivity contribution < 1.29 is 4.79 Å². The number of hydrogen-bond acceptors (Lipinski definition) is 2. The SMILES string of the molecule is CCCn1cc(Br)cc1C(=O)NC(C)CN. The van der Waals surface area contributed by atoms with Crippen LogP contribution < -0.4 is 11.1 Å². The van der Waals surface area contributed by atoms with Gasteiger partial charge in [0.2, 0.25) is 0 Å². The molecule has 4 nitrogen and oxygen atoms in total. The molecule has 0 radical (unpaired) electrons. The summed E-state index contributed by atoms with van der Waals surface area (Å²) in [6.07, 6.45) is 2.92. The van der Waals surface area contributed by atoms with Crippen molar-refractivity contribution in [1.29, 1.82) is 0 Å². The molecule has 16 heavy (non-hydrogen) atoms. The summed E-state index contributed by atoms with van der Waals surface area (Å²) in [4.78, 5) is 11.9. The van der Waals surface area contributed by atoms with Gasteiger partial charge in [-0.3, -0.25) is 4.79 Å². The lowest BCUT2D eigenvalue weighted by Crippen LogP contribution is -2.38. The fourth-order valence-corrected chi connectivity index (χ4v) is 1.91. The van der Waals surface area contributed by atoms with Crippen LogP contribution in [0.3, 0.4) is 0 Å². The summed E-state index contributed by atoms with van der Waals surface area (Å²) in [6.45, 7) is 5.25. The van der Waals surface area contributed by atoms with Gasteiger partial charge in [-0.2, -0.15) is 0 Å². The van der Waals surface area contributed by atoms with E-state index in [-0.39, 0.29) is 11.9 Å². The molecule has 1 aromatic heterocycles. The van der Waals surface area contributed by atoms with Gasteiger partial charge in [-0.25, -0.2) is 0 Å². The zero-order valence-electron chi connectivity index (χ0n) is 9.66. The summed E-state index contributed by atoms with van der Waals surface area (Å²) in [5, 5.41) is 2.85. The molecule has 3 N–H and O–H groups in total. The number of rotatable bonds is 5. The van der Waals surface area contributed by atoms with Crippen molar-refractivity contribution in [3.05, 3.63) is 22.4 Å². The van der Waals surface area contributed by atoms with Gasteiger partial charge in [0.05, 0.1) is 0 Å². The van der Waals surface area contributed by atoms with Gasteiger partial charge in [0.1, 0.15) is 5.69 Å². The van der Waals surface area contributed by atoms with Gasteiger partial charge in [-0.1, -0.05) is 6.92 Å². The smallest absolute Gasteiger partial charge is 0.268 e. The molecule has 0 spiro atoms. The molecule has 1 amide bonds. The highest BCUT2D eigenvalue weighted by Gasteiger charge is 2.14. The van der Waals surface area contributed by atoms with Crippen LogP contribution in [-0.4, -0.2) is 23.1 Å². The van der Waals surface area contributed by atoms with E-state index in [1.54, 1.807) is 0 Å². The molecule has 1 aromatic rings. The van der Waals surface area contributed by atoms with Crippen molar-refractivity contribution in [2.24, 2.45) is 5.73 Å². The Morgan fingerprint density at radius 1 is 1.69 bits per heavy atom. The monoisotopic (exact) mass is 287 g/mol. The summed E-state index contributed by atoms with van der Waals surface area (Å²) in [5.41, 5.74) is 6.14. The van der Waals surface area contributed by atoms with Crippen molar-refractivity contribution in [2.75, 3.05) is 6.54 Å². The van der Waals surface area contributed by atoms with E-state index in [1.165, 1.54) is 0 Å². The summed E-state index contributed by atoms with van der Waals surface area (Å²) < 4.78 is 2.87. The van der Waals surface area contributed by atoms with Crippen LogP contribution in [0.5, 0.6) is 0 Å². The third kappa shape index (κ3) is 3.35. The van der Waals surface area contributed by atoms with Crippen LogP contribution in [0, 0.1) is 0 Å². The molecule has 5 heteroatoms. The Morgan fingerprint density at radius 3 is 2.94 bits per heavy atom. The molecule has 1 unspecified atom stereocenters. The fraction of sp³-hybridized carbons (Fsp3) is 0.545. The van der Waals surface area contributed by atoms with Crippen molar-refractivity contribution in [3.8, 4) is 0 Å². The van der Waals surface area contributed by atoms with E-state index in [1.807, 2.05) is 23.8 Å². The van der Waals surface area contributed by atoms with Gasteiger partial charge in [0.25, 0.3) is 5.91 Å². The van der Waals surface area contributed by atoms with Crippen LogP contribution in [0.1, 0.15) is 30.8 Å². The minimum absolute atomic E-state index is 0.00347. The van der Waals surface area contributed by atoms with Crippen molar-refractivity contribution >= 4 is 21.8 Å². The quantitative estimate of drug-likeness (QED) is 0.867. The maximum absolute atomic E-state index is 11.9. The molecule has 1 atom stereocenters. The van der Waals surface area contributed by atoms with E-state index in [0.29, 0.717) is 12.2 Å². The zero-order valence-corrected chi connectivity index (χ0v) is 11.3. The fourth-order valence-electron chi connectivity index (χ4n) is 1.45. The molecule has 0 saturated heterocycles. The van der Waals surface area contributed by atoms with E-state index in [2.05, 4.69) is 28.2 Å². The number of nitrogens with zero attached hydrogens (tertiary/aromatic N) is 1. The molecule has 0 fully saturated rings. The van der Waals surface area contributed by atoms with Crippen LogP contribution in [0.4, 0.5) is 0 Å². The van der Waals surface area contributed by atoms with Gasteiger partial charge < -0.3 is 15.6 Å². The number of hydrogen-bond donors (Lipinski definition) is 2. The summed E-state index contributed by atoms with van der Waals surface area (Å²) in [5.74, 6) is -0.0721. The highest BCUT2D eigenvalue weighted by molar-refractivity contribution is 9.10. The number of carbonyl (C=O) groups excluding carboxylic acids is 1. The molecule has 1 heterocycles. The van der Waals surface area contributed by atoms with E-state index in [9.17, 15) is 4.79 Å². The molecule has 1 rings (SSSR count). The van der Waals surface area contributed by atoms with E-state index < -0.39 is 0 Å². The summed E-state index contributed by atoms with van der Waals surface area (Å²) in [7, 11) is 0. The minimum Gasteiger partial charge on any atom is -0.347 e. The molecule has 0 aromatic carbocycles. The van der Waals surface area contributed by atoms with Crippen molar-refractivity contribution in [1.82, 2.24) is 9.88 Å². The molecular weight excluding hydrogens is 270 g/mol. The number of aryl methyl sites for hydroxylation is 1. The number of nitrogens with two attached hydrogens (primary N) is 1. The highest BCUT2D eigenvalue weighted by Crippen LogP contribution is 2.15. The Labute approximate surface area is 104 Å². The van der Waals surface area contributed by atoms with Gasteiger partial charge >= 0.3 is 0 Å². The number of amides is 1. The topological polar surface area (TPSA) is 60.0 Å². The summed E-state index contributed by atoms with van der Waals surface area (Å²) >= 11 is 3.38. The highest BCUT2D eigenvalue weighted by atomic mass is 79.9. The number of carbonyl (C=O) groups is 1. The predicted molar refractivity (Wildman–Crippen MR) is 68.4 cm³/mol. The van der Waals surface area contributed by atoms with Crippen LogP contribution in [-0.2, 0) is 6.54 Å². The Bertz CT molecular complexity index is 362.